The van der Waals surface area contributed by atoms with Crippen molar-refractivity contribution in [3.63, 3.8) is 0 Å². The lowest BCUT2D eigenvalue weighted by molar-refractivity contribution is -0.144. The Morgan fingerprint density at radius 1 is 0.906 bits per heavy atom. The van der Waals surface area contributed by atoms with E-state index in [4.69, 9.17) is 17.2 Å². The molecule has 2 rings (SSSR count). The molecule has 0 radical (unpaired) electrons. The Balaban J connectivity index is 2.52. The second-order valence-corrected chi connectivity index (χ2v) is 17.5. The van der Waals surface area contributed by atoms with Crippen LogP contribution in [-0.2, 0) is 35.2 Å². The number of carbonyl (C=O) groups is 6. The number of phenols is 1. The Morgan fingerprint density at radius 3 is 1.98 bits per heavy atom. The predicted octanol–water partition coefficient (Wildman–Crippen LogP) is 1.34. The van der Waals surface area contributed by atoms with E-state index in [1.807, 2.05) is 13.8 Å². The summed E-state index contributed by atoms with van der Waals surface area (Å²) in [6.07, 6.45) is 2.61. The third-order valence-electron chi connectivity index (χ3n) is 8.90. The van der Waals surface area contributed by atoms with E-state index in [0.717, 1.165) is 0 Å². The highest BCUT2D eigenvalue weighted by atomic mass is 33.1. The zero-order chi connectivity index (χ0) is 39.7. The van der Waals surface area contributed by atoms with Gasteiger partial charge in [-0.15, -0.1) is 0 Å². The van der Waals surface area contributed by atoms with Crippen molar-refractivity contribution in [3.05, 3.63) is 29.8 Å². The fourth-order valence-electron chi connectivity index (χ4n) is 5.85. The van der Waals surface area contributed by atoms with E-state index in [2.05, 4.69) is 21.3 Å². The maximum atomic E-state index is 14.3. The molecule has 6 atom stereocenters. The third-order valence-corrected chi connectivity index (χ3v) is 12.2. The van der Waals surface area contributed by atoms with Crippen molar-refractivity contribution >= 4 is 57.0 Å². The standard InChI is InChI=1S/C36H59N7O8S2/c1-21(2)17-23(35(50)51)19-29(45)28(18-22-11-13-24(44)14-12-22)42-34(49)30-36(3,4)53-52-20-25(39)31(46)40-26(9-5-7-15-37)32(47)41-27(33(48)43-30)10-6-8-16-38/h11-14,21,23,25-28,30,44H,5-10,15-20,37-39H2,1-4H3,(H,40,46)(H,41,47)(H,42,49)(H,43,48)(H,50,51)/t23-,25+,26+,27+,28+,30-/m1/s1. The summed E-state index contributed by atoms with van der Waals surface area (Å²) in [5.41, 5.74) is 18.2. The molecule has 0 aromatic heterocycles. The van der Waals surface area contributed by atoms with E-state index in [-0.39, 0.29) is 49.5 Å². The number of benzene rings is 1. The van der Waals surface area contributed by atoms with Crippen molar-refractivity contribution in [2.24, 2.45) is 29.0 Å². The van der Waals surface area contributed by atoms with Gasteiger partial charge in [0.05, 0.1) is 18.0 Å². The van der Waals surface area contributed by atoms with E-state index in [0.29, 0.717) is 44.3 Å². The van der Waals surface area contributed by atoms with Crippen molar-refractivity contribution in [1.29, 1.82) is 0 Å². The molecule has 1 aliphatic heterocycles. The molecule has 1 fully saturated rings. The summed E-state index contributed by atoms with van der Waals surface area (Å²) < 4.78 is -1.06. The summed E-state index contributed by atoms with van der Waals surface area (Å²) in [4.78, 5) is 81.0. The summed E-state index contributed by atoms with van der Waals surface area (Å²) in [5, 5.41) is 30.8. The molecule has 53 heavy (non-hydrogen) atoms. The average Bonchev–Trinajstić information content (AvgIpc) is 3.08. The number of phenolic OH excluding ortho intramolecular Hbond substituents is 1. The summed E-state index contributed by atoms with van der Waals surface area (Å²) in [6, 6.07) is 0.588. The smallest absolute Gasteiger partial charge is 0.306 e. The number of unbranched alkanes of at least 4 members (excludes halogenated alkanes) is 2. The number of Topliss-reactive ketones (excluding diaryl/α,β-unsaturated/α-hetero) is 1. The minimum absolute atomic E-state index is 0.00278. The average molecular weight is 782 g/mol. The first-order chi connectivity index (χ1) is 25.0. The van der Waals surface area contributed by atoms with Gasteiger partial charge in [0.1, 0.15) is 23.9 Å². The number of amides is 4. The zero-order valence-corrected chi connectivity index (χ0v) is 32.9. The number of carboxylic acid groups (broad SMARTS) is 1. The van der Waals surface area contributed by atoms with Gasteiger partial charge >= 0.3 is 5.97 Å². The van der Waals surface area contributed by atoms with Crippen molar-refractivity contribution in [3.8, 4) is 5.75 Å². The molecule has 1 heterocycles. The Kier molecular flexibility index (Phi) is 19.6. The fourth-order valence-corrected chi connectivity index (χ4v) is 8.62. The van der Waals surface area contributed by atoms with Crippen LogP contribution in [0.3, 0.4) is 0 Å². The molecule has 0 aliphatic carbocycles. The lowest BCUT2D eigenvalue weighted by atomic mass is 9.89. The normalized spacial score (nSPS) is 22.5. The van der Waals surface area contributed by atoms with Gasteiger partial charge in [-0.2, -0.15) is 0 Å². The summed E-state index contributed by atoms with van der Waals surface area (Å²) in [5.74, 6) is -4.92. The van der Waals surface area contributed by atoms with Crippen molar-refractivity contribution in [2.45, 2.75) is 120 Å². The predicted molar refractivity (Wildman–Crippen MR) is 208 cm³/mol. The summed E-state index contributed by atoms with van der Waals surface area (Å²) >= 11 is 0. The summed E-state index contributed by atoms with van der Waals surface area (Å²) in [7, 11) is 2.45. The number of rotatable bonds is 18. The van der Waals surface area contributed by atoms with Gasteiger partial charge in [-0.3, -0.25) is 28.8 Å². The van der Waals surface area contributed by atoms with E-state index in [9.17, 15) is 39.0 Å². The maximum absolute atomic E-state index is 14.3. The largest absolute Gasteiger partial charge is 0.508 e. The van der Waals surface area contributed by atoms with E-state index >= 15 is 0 Å². The van der Waals surface area contributed by atoms with Gasteiger partial charge in [-0.1, -0.05) is 47.6 Å². The van der Waals surface area contributed by atoms with Gasteiger partial charge in [0.25, 0.3) is 0 Å². The SMILES string of the molecule is CC(C)C[C@H](CC(=O)[C@H](Cc1ccc(O)cc1)NC(=O)[C@H]1NC(=O)[C@H](CCCCN)NC(=O)[C@H](CCCCN)NC(=O)[C@@H](N)CSSC1(C)C)C(=O)O. The molecule has 0 unspecified atom stereocenters. The highest BCUT2D eigenvalue weighted by Gasteiger charge is 2.41. The number of ketones is 1. The van der Waals surface area contributed by atoms with Crippen LogP contribution in [0, 0.1) is 11.8 Å². The Labute approximate surface area is 320 Å². The van der Waals surface area contributed by atoms with Crippen LogP contribution in [0.1, 0.15) is 84.6 Å². The van der Waals surface area contributed by atoms with Crippen LogP contribution in [0.25, 0.3) is 0 Å². The number of hydrogen-bond donors (Lipinski definition) is 9. The van der Waals surface area contributed by atoms with Crippen LogP contribution in [0.4, 0.5) is 0 Å². The van der Waals surface area contributed by atoms with Gasteiger partial charge in [0, 0.05) is 16.9 Å². The molecule has 0 spiro atoms. The monoisotopic (exact) mass is 781 g/mol. The molecule has 1 aromatic rings. The molecular formula is C36H59N7O8S2. The van der Waals surface area contributed by atoms with E-state index in [1.54, 1.807) is 26.0 Å². The number of hydrogen-bond acceptors (Lipinski definition) is 12. The van der Waals surface area contributed by atoms with E-state index < -0.39 is 76.3 Å². The Hall–Kier alpha value is -3.38. The highest BCUT2D eigenvalue weighted by molar-refractivity contribution is 8.77. The maximum Gasteiger partial charge on any atom is 0.306 e. The number of nitrogens with two attached hydrogens (primary N) is 3. The molecule has 298 valence electrons. The quantitative estimate of drug-likeness (QED) is 0.0753. The van der Waals surface area contributed by atoms with Gasteiger partial charge in [-0.05, 0) is 102 Å². The van der Waals surface area contributed by atoms with Crippen LogP contribution < -0.4 is 38.5 Å². The van der Waals surface area contributed by atoms with Gasteiger partial charge in [-0.25, -0.2) is 0 Å². The Morgan fingerprint density at radius 2 is 1.45 bits per heavy atom. The number of carbonyl (C=O) groups excluding carboxylic acids is 5. The van der Waals surface area contributed by atoms with Crippen molar-refractivity contribution in [2.75, 3.05) is 18.8 Å². The molecule has 15 nitrogen and oxygen atoms in total. The molecule has 1 saturated heterocycles. The number of aliphatic carboxylic acids is 1. The minimum Gasteiger partial charge on any atom is -0.508 e. The van der Waals surface area contributed by atoms with Crippen molar-refractivity contribution < 1.29 is 39.0 Å². The van der Waals surface area contributed by atoms with Crippen molar-refractivity contribution in [1.82, 2.24) is 21.3 Å². The Bertz CT molecular complexity index is 1380. The van der Waals surface area contributed by atoms with Crippen LogP contribution >= 0.6 is 21.6 Å². The van der Waals surface area contributed by atoms with Gasteiger partial charge < -0.3 is 48.7 Å². The fraction of sp³-hybridized carbons (Fsp3) is 0.667. The van der Waals surface area contributed by atoms with Crippen LogP contribution in [0.5, 0.6) is 5.75 Å². The molecule has 12 N–H and O–H groups in total. The van der Waals surface area contributed by atoms with Gasteiger partial charge in [0.15, 0.2) is 5.78 Å². The second-order valence-electron chi connectivity index (χ2n) is 14.5. The number of aromatic hydroxyl groups is 1. The first kappa shape index (κ1) is 45.8. The number of nitrogens with one attached hydrogen (secondary N) is 4. The molecule has 17 heteroatoms. The molecule has 1 aromatic carbocycles. The molecule has 1 aliphatic rings. The first-order valence-electron chi connectivity index (χ1n) is 18.2. The third kappa shape index (κ3) is 15.9. The lowest BCUT2D eigenvalue weighted by Gasteiger charge is -2.35. The molecule has 0 saturated carbocycles. The van der Waals surface area contributed by atoms with Gasteiger partial charge in [0.2, 0.25) is 23.6 Å². The minimum atomic E-state index is -1.27. The van der Waals surface area contributed by atoms with Crippen LogP contribution in [0.2, 0.25) is 0 Å². The second kappa shape index (κ2) is 22.7. The molecular weight excluding hydrogens is 723 g/mol. The van der Waals surface area contributed by atoms with E-state index in [1.165, 1.54) is 33.7 Å². The summed E-state index contributed by atoms with van der Waals surface area (Å²) in [6.45, 7) is 7.93. The van der Waals surface area contributed by atoms with Crippen LogP contribution in [0.15, 0.2) is 24.3 Å². The number of carboxylic acids is 1. The molecule has 0 bridgehead atoms. The first-order valence-corrected chi connectivity index (χ1v) is 20.5. The van der Waals surface area contributed by atoms with Crippen LogP contribution in [-0.4, -0.2) is 99.4 Å². The topological polar surface area (TPSA) is 269 Å². The highest BCUT2D eigenvalue weighted by Crippen LogP contribution is 2.39. The lowest BCUT2D eigenvalue weighted by Crippen LogP contribution is -2.62. The molecule has 4 amide bonds. The zero-order valence-electron chi connectivity index (χ0n) is 31.2.